The average molecular weight is 959 g/mol. The van der Waals surface area contributed by atoms with E-state index in [2.05, 4.69) is 16.8 Å². The number of nitrogens with one attached hydrogen (secondary N) is 2. The van der Waals surface area contributed by atoms with Gasteiger partial charge in [0.25, 0.3) is 0 Å². The summed E-state index contributed by atoms with van der Waals surface area (Å²) in [7, 11) is 1.31. The Hall–Kier alpha value is -3.44. The molecule has 0 radical (unpaired) electrons. The lowest BCUT2D eigenvalue weighted by Crippen LogP contribution is -2.59. The first-order chi connectivity index (χ1) is 32.0. The van der Waals surface area contributed by atoms with Crippen LogP contribution in [0.25, 0.3) is 0 Å². The molecule has 16 nitrogen and oxygen atoms in total. The molecular formula is C52H82N2O14. The van der Waals surface area contributed by atoms with E-state index >= 15 is 0 Å². The van der Waals surface area contributed by atoms with E-state index in [0.717, 1.165) is 5.57 Å². The highest BCUT2D eigenvalue weighted by Crippen LogP contribution is 2.42. The number of hydrogen-bond donors (Lipinski definition) is 8. The molecule has 3 saturated heterocycles. The summed E-state index contributed by atoms with van der Waals surface area (Å²) in [4.78, 5) is 26.9. The number of aliphatic hydroxyl groups is 6. The molecule has 4 aliphatic rings. The third-order valence-electron chi connectivity index (χ3n) is 14.5. The lowest BCUT2D eigenvalue weighted by molar-refractivity contribution is -0.339. The second kappa shape index (κ2) is 25.6. The molecule has 3 fully saturated rings. The van der Waals surface area contributed by atoms with Gasteiger partial charge in [-0.15, -0.1) is 12.3 Å². The highest BCUT2D eigenvalue weighted by atomic mass is 16.7. The zero-order chi connectivity index (χ0) is 50.7. The van der Waals surface area contributed by atoms with Gasteiger partial charge in [0, 0.05) is 55.3 Å². The van der Waals surface area contributed by atoms with Gasteiger partial charge in [0.15, 0.2) is 12.1 Å². The first-order valence-electron chi connectivity index (χ1n) is 24.4. The summed E-state index contributed by atoms with van der Waals surface area (Å²) >= 11 is 0. The van der Waals surface area contributed by atoms with Crippen molar-refractivity contribution in [3.8, 4) is 12.3 Å². The quantitative estimate of drug-likeness (QED) is 0.0476. The predicted octanol–water partition coefficient (Wildman–Crippen LogP) is 4.78. The molecule has 0 amide bonds. The van der Waals surface area contributed by atoms with Crippen LogP contribution in [0.15, 0.2) is 59.4 Å². The van der Waals surface area contributed by atoms with Gasteiger partial charge in [0.2, 0.25) is 5.76 Å². The molecule has 0 unspecified atom stereocenters. The molecule has 0 aromatic carbocycles. The van der Waals surface area contributed by atoms with Gasteiger partial charge in [0.1, 0.15) is 24.4 Å². The maximum Gasteiger partial charge on any atom is 0.373 e. The van der Waals surface area contributed by atoms with E-state index in [1.807, 2.05) is 41.5 Å². The minimum atomic E-state index is -2.03. The second-order valence-electron chi connectivity index (χ2n) is 19.9. The van der Waals surface area contributed by atoms with Crippen LogP contribution in [0.2, 0.25) is 0 Å². The van der Waals surface area contributed by atoms with Crippen LogP contribution >= 0.6 is 0 Å². The number of cyclic esters (lactones) is 1. The summed E-state index contributed by atoms with van der Waals surface area (Å²) in [5.41, 5.74) is 7.20. The van der Waals surface area contributed by atoms with Crippen LogP contribution in [0.5, 0.6) is 0 Å². The summed E-state index contributed by atoms with van der Waals surface area (Å²) in [6.45, 7) is 17.9. The van der Waals surface area contributed by atoms with Crippen molar-refractivity contribution in [3.05, 3.63) is 59.4 Å². The standard InChI is InChI=1S/C52H82N2O14/c1-13-16-22-51(53-54-51)23-21-43(56)65-40-27-44(64-36(11)48(40)60)66-42-28-52(62,68-39(18-14-2)33(42)8)35(10)47(59)34(9)49-38(55)20-17-19-29(4)24-31(6)45(57)37(15-3)46(58)32(7)25-30(5)26-41(63-12)50(61)67-49/h1,14,17-20,25-26,31-40,42,44-49,53-55,57-60,62H,15-16,21-24,27-28H2,2-12H3/b18-14+,20-17+,29-19+,30-25+,41-26-/t31-,32-,33-,34+,35+,36+,37+,38+,39-,40+,42-,44-,45+,46-,47-,48+,49-,52-/m1/s1. The van der Waals surface area contributed by atoms with Gasteiger partial charge < -0.3 is 59.1 Å². The minimum absolute atomic E-state index is 0.0175. The Balaban J connectivity index is 1.58. The third kappa shape index (κ3) is 15.0. The van der Waals surface area contributed by atoms with Crippen LogP contribution in [-0.2, 0) is 38.0 Å². The molecule has 16 heteroatoms. The number of esters is 2. The monoisotopic (exact) mass is 959 g/mol. The zero-order valence-electron chi connectivity index (χ0n) is 42.0. The van der Waals surface area contributed by atoms with Gasteiger partial charge in [0.05, 0.1) is 49.4 Å². The highest BCUT2D eigenvalue weighted by Gasteiger charge is 2.53. The molecule has 4 aliphatic heterocycles. The Kier molecular flexibility index (Phi) is 21.5. The van der Waals surface area contributed by atoms with Gasteiger partial charge in [-0.2, -0.15) is 0 Å². The maximum absolute atomic E-state index is 13.9. The average Bonchev–Trinajstić information content (AvgIpc) is 4.07. The van der Waals surface area contributed by atoms with E-state index in [9.17, 15) is 40.2 Å². The van der Waals surface area contributed by atoms with Crippen molar-refractivity contribution in [2.45, 2.75) is 199 Å². The first kappa shape index (κ1) is 57.1. The van der Waals surface area contributed by atoms with E-state index in [4.69, 9.17) is 34.8 Å². The van der Waals surface area contributed by atoms with Crippen LogP contribution in [0.1, 0.15) is 121 Å². The van der Waals surface area contributed by atoms with Crippen LogP contribution < -0.4 is 10.9 Å². The van der Waals surface area contributed by atoms with Crippen molar-refractivity contribution in [2.75, 3.05) is 7.11 Å². The number of hydrazine groups is 1. The van der Waals surface area contributed by atoms with Gasteiger partial charge in [-0.1, -0.05) is 89.1 Å². The van der Waals surface area contributed by atoms with Gasteiger partial charge in [-0.05, 0) is 65.4 Å². The smallest absolute Gasteiger partial charge is 0.373 e. The van der Waals surface area contributed by atoms with Crippen molar-refractivity contribution in [1.29, 1.82) is 0 Å². The normalized spacial score (nSPS) is 40.5. The number of aliphatic hydroxyl groups excluding tert-OH is 5. The molecule has 8 N–H and O–H groups in total. The molecule has 0 aromatic rings. The lowest BCUT2D eigenvalue weighted by atomic mass is 9.77. The molecule has 0 aliphatic carbocycles. The van der Waals surface area contributed by atoms with Gasteiger partial charge in [-0.3, -0.25) is 4.79 Å². The number of carbonyl (C=O) groups excluding carboxylic acids is 2. The van der Waals surface area contributed by atoms with Crippen molar-refractivity contribution in [3.63, 3.8) is 0 Å². The van der Waals surface area contributed by atoms with Crippen molar-refractivity contribution < 1.29 is 68.6 Å². The maximum atomic E-state index is 13.9. The van der Waals surface area contributed by atoms with Gasteiger partial charge in [-0.25, -0.2) is 15.6 Å². The van der Waals surface area contributed by atoms with Crippen LogP contribution in [0.3, 0.4) is 0 Å². The molecule has 0 bridgehead atoms. The van der Waals surface area contributed by atoms with Crippen molar-refractivity contribution >= 4 is 11.9 Å². The lowest BCUT2D eigenvalue weighted by Gasteiger charge is -2.49. The van der Waals surface area contributed by atoms with E-state index in [1.165, 1.54) is 19.3 Å². The number of carbonyl (C=O) groups is 2. The number of hydrogen-bond acceptors (Lipinski definition) is 16. The number of rotatable bonds is 15. The van der Waals surface area contributed by atoms with Crippen molar-refractivity contribution in [1.82, 2.24) is 10.9 Å². The Morgan fingerprint density at radius 1 is 1.06 bits per heavy atom. The third-order valence-corrected chi connectivity index (χ3v) is 14.5. The summed E-state index contributed by atoms with van der Waals surface area (Å²) in [5, 5.41) is 70.1. The summed E-state index contributed by atoms with van der Waals surface area (Å²) in [6, 6.07) is 0. The SMILES string of the molecule is C#CCCC1(CCC(=O)O[C@H]2C[C@@H](O[C@@H]3C[C@](O)([C@@H](C)[C@H](O)[C@H](C)[C@H]4OC(=O)/C(OC)=C/C(C)=C/[C@@H](C)[C@@H](O)[C@@H](CC)[C@@H](O)[C@H](C)C/C(C)=C/C=C/[C@@H]4O)O[C@H](/C=C/C)[C@H]3C)O[C@@H](C)[C@@H]2O)NN1. The number of terminal acetylenes is 1. The fraction of sp³-hybridized carbons (Fsp3) is 0.731. The molecule has 384 valence electrons. The minimum Gasteiger partial charge on any atom is -0.490 e. The van der Waals surface area contributed by atoms with Crippen LogP contribution in [-0.4, -0.2) is 128 Å². The Morgan fingerprint density at radius 2 is 1.75 bits per heavy atom. The van der Waals surface area contributed by atoms with Crippen LogP contribution in [0, 0.1) is 47.9 Å². The molecule has 0 saturated carbocycles. The molecule has 4 rings (SSSR count). The van der Waals surface area contributed by atoms with Crippen molar-refractivity contribution in [2.24, 2.45) is 35.5 Å². The molecule has 18 atom stereocenters. The topological polar surface area (TPSA) is 255 Å². The molecule has 68 heavy (non-hydrogen) atoms. The molecule has 0 aromatic heterocycles. The summed E-state index contributed by atoms with van der Waals surface area (Å²) in [6.07, 6.45) is 8.72. The van der Waals surface area contributed by atoms with Crippen LogP contribution in [0.4, 0.5) is 0 Å². The second-order valence-corrected chi connectivity index (χ2v) is 19.9. The van der Waals surface area contributed by atoms with E-state index in [-0.39, 0.29) is 36.9 Å². The molecule has 0 spiro atoms. The van der Waals surface area contributed by atoms with E-state index in [1.54, 1.807) is 58.1 Å². The fourth-order valence-corrected chi connectivity index (χ4v) is 9.84. The number of methoxy groups -OCH3 is 1. The molecular weight excluding hydrogens is 877 g/mol. The number of ether oxygens (including phenoxy) is 6. The fourth-order valence-electron chi connectivity index (χ4n) is 9.84. The Labute approximate surface area is 404 Å². The number of allylic oxidation sites excluding steroid dienone is 6. The highest BCUT2D eigenvalue weighted by molar-refractivity contribution is 5.87. The van der Waals surface area contributed by atoms with Gasteiger partial charge >= 0.3 is 11.9 Å². The Morgan fingerprint density at radius 3 is 2.37 bits per heavy atom. The van der Waals surface area contributed by atoms with E-state index in [0.29, 0.717) is 37.7 Å². The van der Waals surface area contributed by atoms with E-state index < -0.39 is 114 Å². The summed E-state index contributed by atoms with van der Waals surface area (Å²) in [5.74, 6) is -4.42. The predicted molar refractivity (Wildman–Crippen MR) is 255 cm³/mol. The first-order valence-corrected chi connectivity index (χ1v) is 24.4. The zero-order valence-corrected chi connectivity index (χ0v) is 42.0. The summed E-state index contributed by atoms with van der Waals surface area (Å²) < 4.78 is 36.3. The largest absolute Gasteiger partial charge is 0.490 e. The Bertz CT molecular complexity index is 1860. The molecule has 4 heterocycles.